The van der Waals surface area contributed by atoms with Crippen LogP contribution in [-0.2, 0) is 0 Å². The first-order valence-corrected chi connectivity index (χ1v) is 5.95. The molecule has 2 N–H and O–H groups in total. The molecule has 1 aromatic carbocycles. The summed E-state index contributed by atoms with van der Waals surface area (Å²) >= 11 is 0. The zero-order valence-electron chi connectivity index (χ0n) is 10.8. The van der Waals surface area contributed by atoms with E-state index in [1.54, 1.807) is 37.6 Å². The summed E-state index contributed by atoms with van der Waals surface area (Å²) in [5.74, 6) is -0.923. The van der Waals surface area contributed by atoms with Crippen LogP contribution in [0.5, 0.6) is 0 Å². The lowest BCUT2D eigenvalue weighted by atomic mass is 10.1. The molecule has 1 heterocycles. The molecule has 5 nitrogen and oxygen atoms in total. The van der Waals surface area contributed by atoms with E-state index >= 15 is 0 Å². The van der Waals surface area contributed by atoms with Crippen molar-refractivity contribution in [2.24, 2.45) is 0 Å². The average molecular weight is 257 g/mol. The van der Waals surface area contributed by atoms with Gasteiger partial charge in [0.15, 0.2) is 0 Å². The molecule has 2 aromatic rings. The first-order chi connectivity index (χ1) is 9.09. The third kappa shape index (κ3) is 2.88. The zero-order chi connectivity index (χ0) is 13.8. The Morgan fingerprint density at radius 2 is 2.16 bits per heavy atom. The zero-order valence-corrected chi connectivity index (χ0v) is 10.8. The van der Waals surface area contributed by atoms with Gasteiger partial charge >= 0.3 is 5.97 Å². The van der Waals surface area contributed by atoms with Crippen LogP contribution in [0.1, 0.15) is 34.6 Å². The summed E-state index contributed by atoms with van der Waals surface area (Å²) in [6.45, 7) is 3.74. The van der Waals surface area contributed by atoms with E-state index in [-0.39, 0.29) is 6.04 Å². The van der Waals surface area contributed by atoms with Crippen molar-refractivity contribution in [2.45, 2.75) is 19.9 Å². The van der Waals surface area contributed by atoms with Crippen LogP contribution >= 0.6 is 0 Å². The topological polar surface area (TPSA) is 75.1 Å². The molecule has 0 radical (unpaired) electrons. The Morgan fingerprint density at radius 1 is 1.37 bits per heavy atom. The van der Waals surface area contributed by atoms with E-state index in [1.807, 2.05) is 13.0 Å². The minimum Gasteiger partial charge on any atom is -0.478 e. The fourth-order valence-electron chi connectivity index (χ4n) is 1.87. The largest absolute Gasteiger partial charge is 0.478 e. The highest BCUT2D eigenvalue weighted by Gasteiger charge is 2.12. The normalized spacial score (nSPS) is 11.9. The molecule has 0 aliphatic rings. The molecule has 19 heavy (non-hydrogen) atoms. The Kier molecular flexibility index (Phi) is 3.75. The summed E-state index contributed by atoms with van der Waals surface area (Å²) in [5.41, 5.74) is 2.61. The molecule has 0 aliphatic carbocycles. The van der Waals surface area contributed by atoms with Crippen molar-refractivity contribution >= 4 is 11.7 Å². The molecule has 1 atom stereocenters. The highest BCUT2D eigenvalue weighted by Crippen LogP contribution is 2.23. The van der Waals surface area contributed by atoms with Gasteiger partial charge in [-0.3, -0.25) is 9.97 Å². The van der Waals surface area contributed by atoms with Gasteiger partial charge in [-0.1, -0.05) is 6.07 Å². The van der Waals surface area contributed by atoms with E-state index in [0.29, 0.717) is 11.1 Å². The second-order valence-electron chi connectivity index (χ2n) is 4.28. The molecule has 0 aliphatic heterocycles. The first-order valence-electron chi connectivity index (χ1n) is 5.95. The van der Waals surface area contributed by atoms with Crippen molar-refractivity contribution in [1.82, 2.24) is 9.97 Å². The predicted octanol–water partition coefficient (Wildman–Crippen LogP) is 2.66. The van der Waals surface area contributed by atoms with Gasteiger partial charge < -0.3 is 10.4 Å². The Labute approximate surface area is 111 Å². The van der Waals surface area contributed by atoms with E-state index in [4.69, 9.17) is 5.11 Å². The van der Waals surface area contributed by atoms with Gasteiger partial charge in [0.25, 0.3) is 0 Å². The quantitative estimate of drug-likeness (QED) is 0.880. The Bertz CT molecular complexity index is 584. The number of nitrogens with zero attached hydrogens (tertiary/aromatic N) is 2. The van der Waals surface area contributed by atoms with Gasteiger partial charge in [-0.15, -0.1) is 0 Å². The number of carbonyl (C=O) groups is 1. The maximum Gasteiger partial charge on any atom is 0.336 e. The van der Waals surface area contributed by atoms with E-state index in [9.17, 15) is 4.79 Å². The number of anilines is 1. The third-order valence-electron chi connectivity index (χ3n) is 2.96. The SMILES string of the molecule is Cc1c(NC(C)c2cnccn2)cccc1C(=O)O. The highest BCUT2D eigenvalue weighted by molar-refractivity contribution is 5.91. The summed E-state index contributed by atoms with van der Waals surface area (Å²) in [6, 6.07) is 5.13. The molecule has 0 amide bonds. The summed E-state index contributed by atoms with van der Waals surface area (Å²) in [6.07, 6.45) is 4.94. The number of carboxylic acids is 1. The minimum atomic E-state index is -0.923. The maximum atomic E-state index is 11.1. The lowest BCUT2D eigenvalue weighted by Crippen LogP contribution is -2.11. The van der Waals surface area contributed by atoms with Crippen molar-refractivity contribution in [2.75, 3.05) is 5.32 Å². The lowest BCUT2D eigenvalue weighted by molar-refractivity contribution is 0.0696. The van der Waals surface area contributed by atoms with E-state index in [1.165, 1.54) is 0 Å². The van der Waals surface area contributed by atoms with Crippen molar-refractivity contribution in [3.8, 4) is 0 Å². The van der Waals surface area contributed by atoms with Crippen molar-refractivity contribution < 1.29 is 9.90 Å². The second-order valence-corrected chi connectivity index (χ2v) is 4.28. The summed E-state index contributed by atoms with van der Waals surface area (Å²) in [5, 5.41) is 12.3. The fraction of sp³-hybridized carbons (Fsp3) is 0.214. The standard InChI is InChI=1S/C14H15N3O2/c1-9-11(14(18)19)4-3-5-12(9)17-10(2)13-8-15-6-7-16-13/h3-8,10,17H,1-2H3,(H,18,19). The first kappa shape index (κ1) is 13.0. The minimum absolute atomic E-state index is 0.0450. The number of benzene rings is 1. The average Bonchev–Trinajstić information content (AvgIpc) is 2.41. The second kappa shape index (κ2) is 5.48. The van der Waals surface area contributed by atoms with Crippen LogP contribution in [0.15, 0.2) is 36.8 Å². The van der Waals surface area contributed by atoms with Crippen molar-refractivity contribution in [3.05, 3.63) is 53.6 Å². The van der Waals surface area contributed by atoms with E-state index in [0.717, 1.165) is 11.4 Å². The van der Waals surface area contributed by atoms with Gasteiger partial charge in [-0.05, 0) is 31.5 Å². The fourth-order valence-corrected chi connectivity index (χ4v) is 1.87. The molecular weight excluding hydrogens is 242 g/mol. The Morgan fingerprint density at radius 3 is 2.79 bits per heavy atom. The van der Waals surface area contributed by atoms with Crippen LogP contribution in [0.3, 0.4) is 0 Å². The van der Waals surface area contributed by atoms with Gasteiger partial charge in [0.1, 0.15) is 0 Å². The number of aromatic nitrogens is 2. The smallest absolute Gasteiger partial charge is 0.336 e. The molecule has 1 unspecified atom stereocenters. The van der Waals surface area contributed by atoms with Crippen LogP contribution in [0.4, 0.5) is 5.69 Å². The summed E-state index contributed by atoms with van der Waals surface area (Å²) in [4.78, 5) is 19.3. The number of rotatable bonds is 4. The molecule has 0 saturated carbocycles. The van der Waals surface area contributed by atoms with Gasteiger partial charge in [-0.25, -0.2) is 4.79 Å². The van der Waals surface area contributed by atoms with Gasteiger partial charge in [0.05, 0.1) is 23.5 Å². The summed E-state index contributed by atoms with van der Waals surface area (Å²) < 4.78 is 0. The van der Waals surface area contributed by atoms with Gasteiger partial charge in [0.2, 0.25) is 0 Å². The molecule has 1 aromatic heterocycles. The highest BCUT2D eigenvalue weighted by atomic mass is 16.4. The van der Waals surface area contributed by atoms with Crippen LogP contribution in [0.2, 0.25) is 0 Å². The van der Waals surface area contributed by atoms with Crippen LogP contribution < -0.4 is 5.32 Å². The van der Waals surface area contributed by atoms with Gasteiger partial charge in [-0.2, -0.15) is 0 Å². The molecular formula is C14H15N3O2. The molecule has 98 valence electrons. The Hall–Kier alpha value is -2.43. The molecule has 0 bridgehead atoms. The van der Waals surface area contributed by atoms with Crippen molar-refractivity contribution in [3.63, 3.8) is 0 Å². The van der Waals surface area contributed by atoms with Crippen LogP contribution in [-0.4, -0.2) is 21.0 Å². The summed E-state index contributed by atoms with van der Waals surface area (Å²) in [7, 11) is 0. The molecule has 2 rings (SSSR count). The number of carboxylic acid groups (broad SMARTS) is 1. The maximum absolute atomic E-state index is 11.1. The predicted molar refractivity (Wildman–Crippen MR) is 72.2 cm³/mol. The van der Waals surface area contributed by atoms with Crippen molar-refractivity contribution in [1.29, 1.82) is 0 Å². The Balaban J connectivity index is 2.25. The molecule has 0 saturated heterocycles. The number of hydrogen-bond donors (Lipinski definition) is 2. The van der Waals surface area contributed by atoms with Crippen LogP contribution in [0.25, 0.3) is 0 Å². The third-order valence-corrected chi connectivity index (χ3v) is 2.96. The lowest BCUT2D eigenvalue weighted by Gasteiger charge is -2.17. The van der Waals surface area contributed by atoms with Crippen LogP contribution in [0, 0.1) is 6.92 Å². The molecule has 0 fully saturated rings. The number of aromatic carboxylic acids is 1. The molecule has 0 spiro atoms. The number of hydrogen-bond acceptors (Lipinski definition) is 4. The van der Waals surface area contributed by atoms with Gasteiger partial charge in [0, 0.05) is 18.1 Å². The number of nitrogens with one attached hydrogen (secondary N) is 1. The van der Waals surface area contributed by atoms with E-state index < -0.39 is 5.97 Å². The molecule has 5 heteroatoms. The van der Waals surface area contributed by atoms with E-state index in [2.05, 4.69) is 15.3 Å². The monoisotopic (exact) mass is 257 g/mol.